The number of nitrogen functional groups attached to an aromatic ring is 1. The molecule has 0 aromatic carbocycles. The summed E-state index contributed by atoms with van der Waals surface area (Å²) in [6.07, 6.45) is 11.5. The Morgan fingerprint density at radius 1 is 1.20 bits per heavy atom. The predicted molar refractivity (Wildman–Crippen MR) is 82.5 cm³/mol. The molecule has 2 heterocycles. The first-order valence-corrected chi connectivity index (χ1v) is 8.31. The Morgan fingerprint density at radius 2 is 2.00 bits per heavy atom. The van der Waals surface area contributed by atoms with Crippen molar-refractivity contribution in [3.8, 4) is 0 Å². The van der Waals surface area contributed by atoms with Crippen molar-refractivity contribution in [3.63, 3.8) is 0 Å². The van der Waals surface area contributed by atoms with Crippen molar-refractivity contribution in [1.29, 1.82) is 0 Å². The largest absolute Gasteiger partial charge is 0.382 e. The van der Waals surface area contributed by atoms with E-state index >= 15 is 0 Å². The van der Waals surface area contributed by atoms with E-state index in [1.165, 1.54) is 58.0 Å². The quantitative estimate of drug-likeness (QED) is 0.923. The minimum Gasteiger partial charge on any atom is -0.382 e. The van der Waals surface area contributed by atoms with Gasteiger partial charge in [0.15, 0.2) is 0 Å². The maximum absolute atomic E-state index is 5.72. The molecule has 1 aromatic rings. The highest BCUT2D eigenvalue weighted by molar-refractivity contribution is 5.24. The average Bonchev–Trinajstić information content (AvgIpc) is 2.94. The molecule has 112 valence electrons. The Morgan fingerprint density at radius 3 is 2.65 bits per heavy atom. The molecule has 2 unspecified atom stereocenters. The van der Waals surface area contributed by atoms with Gasteiger partial charge in [-0.2, -0.15) is 5.10 Å². The minimum atomic E-state index is 0.550. The predicted octanol–water partition coefficient (Wildman–Crippen LogP) is 3.07. The first kappa shape index (κ1) is 13.9. The standard InChI is InChI=1S/C16H28N4/c1-2-13-4-3-5-15(12-13)19-9-6-14(7-10-19)20-11-8-16(17)18-20/h8,11,13-15H,2-7,9-10,12H2,1H3,(H2,17,18). The van der Waals surface area contributed by atoms with Crippen molar-refractivity contribution in [2.45, 2.75) is 64.0 Å². The summed E-state index contributed by atoms with van der Waals surface area (Å²) < 4.78 is 2.07. The molecule has 1 aliphatic heterocycles. The summed E-state index contributed by atoms with van der Waals surface area (Å²) >= 11 is 0. The highest BCUT2D eigenvalue weighted by Gasteiger charge is 2.29. The van der Waals surface area contributed by atoms with Crippen LogP contribution in [0, 0.1) is 5.92 Å². The zero-order valence-electron chi connectivity index (χ0n) is 12.7. The van der Waals surface area contributed by atoms with Crippen LogP contribution in [0.4, 0.5) is 5.82 Å². The Labute approximate surface area is 122 Å². The SMILES string of the molecule is CCC1CCCC(N2CCC(n3ccc(N)n3)CC2)C1. The molecular weight excluding hydrogens is 248 g/mol. The molecule has 3 rings (SSSR count). The molecule has 1 saturated carbocycles. The molecule has 4 heteroatoms. The van der Waals surface area contributed by atoms with Gasteiger partial charge < -0.3 is 10.6 Å². The lowest BCUT2D eigenvalue weighted by Gasteiger charge is -2.41. The summed E-state index contributed by atoms with van der Waals surface area (Å²) in [6, 6.07) is 3.30. The number of nitrogens with zero attached hydrogens (tertiary/aromatic N) is 3. The van der Waals surface area contributed by atoms with Crippen LogP contribution in [0.25, 0.3) is 0 Å². The minimum absolute atomic E-state index is 0.550. The Balaban J connectivity index is 1.53. The number of hydrogen-bond acceptors (Lipinski definition) is 3. The van der Waals surface area contributed by atoms with E-state index in [4.69, 9.17) is 5.73 Å². The van der Waals surface area contributed by atoms with E-state index < -0.39 is 0 Å². The third-order valence-electron chi connectivity index (χ3n) is 5.35. The summed E-state index contributed by atoms with van der Waals surface area (Å²) in [5, 5.41) is 4.37. The maximum Gasteiger partial charge on any atom is 0.145 e. The van der Waals surface area contributed by atoms with Crippen LogP contribution in [-0.4, -0.2) is 33.8 Å². The number of piperidine rings is 1. The zero-order valence-corrected chi connectivity index (χ0v) is 12.7. The van der Waals surface area contributed by atoms with Crippen LogP contribution in [0.3, 0.4) is 0 Å². The van der Waals surface area contributed by atoms with Gasteiger partial charge in [0.05, 0.1) is 6.04 Å². The summed E-state index contributed by atoms with van der Waals surface area (Å²) in [5.74, 6) is 1.61. The van der Waals surface area contributed by atoms with Gasteiger partial charge in [0, 0.05) is 25.3 Å². The van der Waals surface area contributed by atoms with Crippen molar-refractivity contribution in [2.75, 3.05) is 18.8 Å². The molecule has 2 fully saturated rings. The molecule has 0 radical (unpaired) electrons. The topological polar surface area (TPSA) is 47.1 Å². The zero-order chi connectivity index (χ0) is 13.9. The second-order valence-electron chi connectivity index (χ2n) is 6.58. The molecule has 0 spiro atoms. The van der Waals surface area contributed by atoms with E-state index in [-0.39, 0.29) is 0 Å². The first-order valence-electron chi connectivity index (χ1n) is 8.31. The number of anilines is 1. The van der Waals surface area contributed by atoms with Crippen molar-refractivity contribution in [1.82, 2.24) is 14.7 Å². The lowest BCUT2D eigenvalue weighted by Crippen LogP contribution is -2.44. The van der Waals surface area contributed by atoms with Crippen molar-refractivity contribution in [2.24, 2.45) is 5.92 Å². The van der Waals surface area contributed by atoms with E-state index in [0.717, 1.165) is 12.0 Å². The van der Waals surface area contributed by atoms with Crippen LogP contribution in [-0.2, 0) is 0 Å². The fourth-order valence-corrected chi connectivity index (χ4v) is 4.04. The number of rotatable bonds is 3. The molecule has 2 aliphatic rings. The highest BCUT2D eigenvalue weighted by Crippen LogP contribution is 2.32. The van der Waals surface area contributed by atoms with Crippen LogP contribution in [0.1, 0.15) is 57.9 Å². The van der Waals surface area contributed by atoms with Gasteiger partial charge in [-0.25, -0.2) is 0 Å². The summed E-state index contributed by atoms with van der Waals surface area (Å²) in [6.45, 7) is 4.80. The molecule has 1 aromatic heterocycles. The third-order valence-corrected chi connectivity index (χ3v) is 5.35. The van der Waals surface area contributed by atoms with Crippen LogP contribution in [0.5, 0.6) is 0 Å². The second kappa shape index (κ2) is 6.17. The van der Waals surface area contributed by atoms with Gasteiger partial charge >= 0.3 is 0 Å². The van der Waals surface area contributed by atoms with Crippen LogP contribution >= 0.6 is 0 Å². The van der Waals surface area contributed by atoms with Gasteiger partial charge in [-0.05, 0) is 37.7 Å². The Bertz CT molecular complexity index is 420. The van der Waals surface area contributed by atoms with Crippen molar-refractivity contribution in [3.05, 3.63) is 12.3 Å². The van der Waals surface area contributed by atoms with Crippen LogP contribution < -0.4 is 5.73 Å². The second-order valence-corrected chi connectivity index (χ2v) is 6.58. The smallest absolute Gasteiger partial charge is 0.145 e. The van der Waals surface area contributed by atoms with Gasteiger partial charge in [-0.1, -0.05) is 26.2 Å². The van der Waals surface area contributed by atoms with Crippen molar-refractivity contribution >= 4 is 5.82 Å². The highest BCUT2D eigenvalue weighted by atomic mass is 15.3. The van der Waals surface area contributed by atoms with E-state index in [2.05, 4.69) is 21.6 Å². The molecule has 20 heavy (non-hydrogen) atoms. The number of hydrogen-bond donors (Lipinski definition) is 1. The van der Waals surface area contributed by atoms with Gasteiger partial charge in [-0.15, -0.1) is 0 Å². The lowest BCUT2D eigenvalue weighted by atomic mass is 9.83. The van der Waals surface area contributed by atoms with Crippen LogP contribution in [0.2, 0.25) is 0 Å². The Hall–Kier alpha value is -1.03. The van der Waals surface area contributed by atoms with Gasteiger partial charge in [0.1, 0.15) is 5.82 Å². The number of likely N-dealkylation sites (tertiary alicyclic amines) is 1. The van der Waals surface area contributed by atoms with Crippen molar-refractivity contribution < 1.29 is 0 Å². The Kier molecular flexibility index (Phi) is 4.29. The average molecular weight is 276 g/mol. The van der Waals surface area contributed by atoms with E-state index in [0.29, 0.717) is 11.9 Å². The monoisotopic (exact) mass is 276 g/mol. The summed E-state index contributed by atoms with van der Waals surface area (Å²) in [4.78, 5) is 2.74. The molecule has 0 amide bonds. The van der Waals surface area contributed by atoms with E-state index in [1.807, 2.05) is 12.3 Å². The molecule has 0 bridgehead atoms. The van der Waals surface area contributed by atoms with Gasteiger partial charge in [0.25, 0.3) is 0 Å². The molecule has 1 saturated heterocycles. The fourth-order valence-electron chi connectivity index (χ4n) is 4.04. The summed E-state index contributed by atoms with van der Waals surface area (Å²) in [7, 11) is 0. The van der Waals surface area contributed by atoms with E-state index in [9.17, 15) is 0 Å². The molecular formula is C16H28N4. The number of aromatic nitrogens is 2. The normalized spacial score (nSPS) is 29.6. The molecule has 1 aliphatic carbocycles. The fraction of sp³-hybridized carbons (Fsp3) is 0.812. The van der Waals surface area contributed by atoms with Gasteiger partial charge in [0.2, 0.25) is 0 Å². The number of nitrogens with two attached hydrogens (primary N) is 1. The summed E-state index contributed by atoms with van der Waals surface area (Å²) in [5.41, 5.74) is 5.72. The van der Waals surface area contributed by atoms with Crippen LogP contribution in [0.15, 0.2) is 12.3 Å². The maximum atomic E-state index is 5.72. The first-order chi connectivity index (χ1) is 9.76. The lowest BCUT2D eigenvalue weighted by molar-refractivity contribution is 0.0883. The molecule has 2 atom stereocenters. The molecule has 2 N–H and O–H groups in total. The van der Waals surface area contributed by atoms with Gasteiger partial charge in [-0.3, -0.25) is 4.68 Å². The van der Waals surface area contributed by atoms with E-state index in [1.54, 1.807) is 0 Å². The molecule has 4 nitrogen and oxygen atoms in total. The third kappa shape index (κ3) is 3.00.